The molecule has 5 nitrogen and oxygen atoms in total. The van der Waals surface area contributed by atoms with E-state index in [4.69, 9.17) is 0 Å². The molecule has 2 aromatic rings. The molecule has 1 N–H and O–H groups in total. The van der Waals surface area contributed by atoms with E-state index in [1.165, 1.54) is 12.1 Å². The molecule has 0 atom stereocenters. The molecular weight excluding hydrogens is 226 g/mol. The number of benzene rings is 1. The second-order valence-corrected chi connectivity index (χ2v) is 3.86. The van der Waals surface area contributed by atoms with Crippen molar-refractivity contribution in [2.75, 3.05) is 5.32 Å². The molecule has 0 saturated heterocycles. The summed E-state index contributed by atoms with van der Waals surface area (Å²) < 4.78 is 0. The number of aromatic nitrogens is 1. The predicted octanol–water partition coefficient (Wildman–Crippen LogP) is 2.66. The number of nitrogens with zero attached hydrogens (tertiary/aromatic N) is 2. The van der Waals surface area contributed by atoms with E-state index in [0.29, 0.717) is 6.54 Å². The molecule has 0 fully saturated rings. The van der Waals surface area contributed by atoms with E-state index in [2.05, 4.69) is 10.3 Å². The summed E-state index contributed by atoms with van der Waals surface area (Å²) >= 11 is 1.54. The van der Waals surface area contributed by atoms with Gasteiger partial charge >= 0.3 is 0 Å². The lowest BCUT2D eigenvalue weighted by Gasteiger charge is -2.03. The lowest BCUT2D eigenvalue weighted by Crippen LogP contribution is -1.99. The van der Waals surface area contributed by atoms with Gasteiger partial charge in [0, 0.05) is 23.2 Å². The number of nitro benzene ring substituents is 1. The standard InChI is InChI=1S/C10H9N3O2S/c14-13(15)10-3-1-8(2-4-10)11-5-9-6-16-7-12-9/h1-4,6-7,11H,5H2. The molecule has 2 rings (SSSR count). The minimum Gasteiger partial charge on any atom is -0.379 e. The molecule has 82 valence electrons. The third-order valence-electron chi connectivity index (χ3n) is 2.04. The van der Waals surface area contributed by atoms with Gasteiger partial charge in [0.15, 0.2) is 0 Å². The van der Waals surface area contributed by atoms with Crippen molar-refractivity contribution in [1.29, 1.82) is 0 Å². The molecule has 0 amide bonds. The highest BCUT2D eigenvalue weighted by Crippen LogP contribution is 2.16. The number of anilines is 1. The number of hydrogen-bond donors (Lipinski definition) is 1. The van der Waals surface area contributed by atoms with Crippen molar-refractivity contribution in [2.24, 2.45) is 0 Å². The van der Waals surface area contributed by atoms with E-state index in [1.54, 1.807) is 29.0 Å². The zero-order valence-electron chi connectivity index (χ0n) is 8.29. The van der Waals surface area contributed by atoms with Gasteiger partial charge < -0.3 is 5.32 Å². The highest BCUT2D eigenvalue weighted by atomic mass is 32.1. The van der Waals surface area contributed by atoms with Crippen molar-refractivity contribution in [2.45, 2.75) is 6.54 Å². The van der Waals surface area contributed by atoms with Crippen LogP contribution in [-0.2, 0) is 6.54 Å². The highest BCUT2D eigenvalue weighted by Gasteiger charge is 2.03. The Morgan fingerprint density at radius 3 is 2.69 bits per heavy atom. The van der Waals surface area contributed by atoms with Crippen LogP contribution in [0.3, 0.4) is 0 Å². The van der Waals surface area contributed by atoms with Crippen LogP contribution in [0, 0.1) is 10.1 Å². The maximum Gasteiger partial charge on any atom is 0.269 e. The minimum absolute atomic E-state index is 0.0965. The van der Waals surface area contributed by atoms with E-state index in [9.17, 15) is 10.1 Å². The maximum absolute atomic E-state index is 10.4. The third-order valence-corrected chi connectivity index (χ3v) is 2.67. The molecule has 0 aliphatic rings. The van der Waals surface area contributed by atoms with Crippen LogP contribution < -0.4 is 5.32 Å². The van der Waals surface area contributed by atoms with Gasteiger partial charge in [-0.1, -0.05) is 0 Å². The van der Waals surface area contributed by atoms with E-state index >= 15 is 0 Å². The van der Waals surface area contributed by atoms with E-state index in [0.717, 1.165) is 11.4 Å². The smallest absolute Gasteiger partial charge is 0.269 e. The summed E-state index contributed by atoms with van der Waals surface area (Å²) in [6.07, 6.45) is 0. The van der Waals surface area contributed by atoms with Crippen molar-refractivity contribution in [3.63, 3.8) is 0 Å². The van der Waals surface area contributed by atoms with Gasteiger partial charge in [0.25, 0.3) is 5.69 Å². The van der Waals surface area contributed by atoms with Gasteiger partial charge in [-0.25, -0.2) is 4.98 Å². The number of non-ortho nitro benzene ring substituents is 1. The molecule has 0 radical (unpaired) electrons. The van der Waals surface area contributed by atoms with Crippen molar-refractivity contribution in [1.82, 2.24) is 4.98 Å². The Bertz CT molecular complexity index is 467. The number of hydrogen-bond acceptors (Lipinski definition) is 5. The van der Waals surface area contributed by atoms with Crippen molar-refractivity contribution in [3.05, 3.63) is 51.0 Å². The summed E-state index contributed by atoms with van der Waals surface area (Å²) in [5.74, 6) is 0. The Kier molecular flexibility index (Phi) is 3.11. The molecule has 0 bridgehead atoms. The Hall–Kier alpha value is -1.95. The first kappa shape index (κ1) is 10.6. The topological polar surface area (TPSA) is 68.1 Å². The van der Waals surface area contributed by atoms with Crippen LogP contribution >= 0.6 is 11.3 Å². The largest absolute Gasteiger partial charge is 0.379 e. The second-order valence-electron chi connectivity index (χ2n) is 3.14. The number of thiazole rings is 1. The third kappa shape index (κ3) is 2.54. The fraction of sp³-hybridized carbons (Fsp3) is 0.100. The molecule has 0 aliphatic carbocycles. The van der Waals surface area contributed by atoms with E-state index in [1.807, 2.05) is 5.38 Å². The van der Waals surface area contributed by atoms with Gasteiger partial charge in [0.2, 0.25) is 0 Å². The van der Waals surface area contributed by atoms with E-state index < -0.39 is 4.92 Å². The molecule has 1 aromatic carbocycles. The lowest BCUT2D eigenvalue weighted by atomic mass is 10.3. The first-order valence-corrected chi connectivity index (χ1v) is 5.55. The van der Waals surface area contributed by atoms with Crippen LogP contribution in [0.25, 0.3) is 0 Å². The molecule has 0 unspecified atom stereocenters. The van der Waals surface area contributed by atoms with Crippen LogP contribution in [-0.4, -0.2) is 9.91 Å². The van der Waals surface area contributed by atoms with Crippen LogP contribution in [0.4, 0.5) is 11.4 Å². The van der Waals surface area contributed by atoms with E-state index in [-0.39, 0.29) is 5.69 Å². The molecule has 0 spiro atoms. The van der Waals surface area contributed by atoms with Gasteiger partial charge in [-0.2, -0.15) is 0 Å². The van der Waals surface area contributed by atoms with Crippen LogP contribution in [0.1, 0.15) is 5.69 Å². The quantitative estimate of drug-likeness (QED) is 0.653. The number of nitrogens with one attached hydrogen (secondary N) is 1. The summed E-state index contributed by atoms with van der Waals surface area (Å²) in [5.41, 5.74) is 3.67. The van der Waals surface area contributed by atoms with Gasteiger partial charge in [-0.05, 0) is 12.1 Å². The molecule has 0 aliphatic heterocycles. The molecule has 1 heterocycles. The van der Waals surface area contributed by atoms with Gasteiger partial charge in [-0.15, -0.1) is 11.3 Å². The Labute approximate surface area is 95.9 Å². The molecular formula is C10H9N3O2S. The highest BCUT2D eigenvalue weighted by molar-refractivity contribution is 7.07. The fourth-order valence-electron chi connectivity index (χ4n) is 1.22. The molecule has 6 heteroatoms. The average molecular weight is 235 g/mol. The van der Waals surface area contributed by atoms with Crippen molar-refractivity contribution >= 4 is 22.7 Å². The number of nitro groups is 1. The zero-order valence-corrected chi connectivity index (χ0v) is 9.11. The predicted molar refractivity (Wildman–Crippen MR) is 62.5 cm³/mol. The molecule has 0 saturated carbocycles. The van der Waals surface area contributed by atoms with Crippen LogP contribution in [0.15, 0.2) is 35.2 Å². The normalized spacial score (nSPS) is 10.0. The summed E-state index contributed by atoms with van der Waals surface area (Å²) in [5, 5.41) is 15.5. The van der Waals surface area contributed by atoms with Crippen LogP contribution in [0.2, 0.25) is 0 Å². The first-order valence-electron chi connectivity index (χ1n) is 4.61. The van der Waals surface area contributed by atoms with Gasteiger partial charge in [0.05, 0.1) is 22.7 Å². The maximum atomic E-state index is 10.4. The zero-order chi connectivity index (χ0) is 11.4. The van der Waals surface area contributed by atoms with Crippen molar-refractivity contribution < 1.29 is 4.92 Å². The Balaban J connectivity index is 1.98. The minimum atomic E-state index is -0.412. The Morgan fingerprint density at radius 2 is 2.12 bits per heavy atom. The Morgan fingerprint density at radius 1 is 1.38 bits per heavy atom. The summed E-state index contributed by atoms with van der Waals surface area (Å²) in [7, 11) is 0. The molecule has 16 heavy (non-hydrogen) atoms. The summed E-state index contributed by atoms with van der Waals surface area (Å²) in [4.78, 5) is 14.1. The monoisotopic (exact) mass is 235 g/mol. The van der Waals surface area contributed by atoms with Crippen LogP contribution in [0.5, 0.6) is 0 Å². The van der Waals surface area contributed by atoms with Gasteiger partial charge in [-0.3, -0.25) is 10.1 Å². The van der Waals surface area contributed by atoms with Gasteiger partial charge in [0.1, 0.15) is 0 Å². The number of rotatable bonds is 4. The first-order chi connectivity index (χ1) is 7.75. The SMILES string of the molecule is O=[N+]([O-])c1ccc(NCc2cscn2)cc1. The lowest BCUT2D eigenvalue weighted by molar-refractivity contribution is -0.384. The fourth-order valence-corrected chi connectivity index (χ4v) is 1.78. The average Bonchev–Trinajstić information content (AvgIpc) is 2.80. The molecule has 1 aromatic heterocycles. The van der Waals surface area contributed by atoms with Crippen molar-refractivity contribution in [3.8, 4) is 0 Å². The summed E-state index contributed by atoms with van der Waals surface area (Å²) in [6, 6.07) is 6.32. The summed E-state index contributed by atoms with van der Waals surface area (Å²) in [6.45, 7) is 0.626. The second kappa shape index (κ2) is 4.71.